The summed E-state index contributed by atoms with van der Waals surface area (Å²) in [5, 5.41) is 0. The van der Waals surface area contributed by atoms with Crippen LogP contribution in [0.2, 0.25) is 0 Å². The number of rotatable bonds is 1. The van der Waals surface area contributed by atoms with E-state index in [0.29, 0.717) is 0 Å². The van der Waals surface area contributed by atoms with Gasteiger partial charge in [-0.15, -0.1) is 0 Å². The zero-order chi connectivity index (χ0) is 5.28. The lowest BCUT2D eigenvalue weighted by Gasteiger charge is -2.18. The number of hydrogen-bond donors (Lipinski definition) is 0. The smallest absolute Gasteiger partial charge is 0.0159 e. The van der Waals surface area contributed by atoms with E-state index in [1.54, 1.807) is 0 Å². The van der Waals surface area contributed by atoms with Crippen molar-refractivity contribution in [1.29, 1.82) is 0 Å². The molecule has 0 fully saturated rings. The number of allylic oxidation sites excluding steroid dienone is 3. The molecule has 0 aromatic carbocycles. The molecular weight excluding hydrogens is 84.1 g/mol. The summed E-state index contributed by atoms with van der Waals surface area (Å²) in [5.41, 5.74) is 1.42. The summed E-state index contributed by atoms with van der Waals surface area (Å²) >= 11 is 0. The predicted molar refractivity (Wildman–Crippen MR) is 32.1 cm³/mol. The minimum atomic E-state index is 0.789. The van der Waals surface area contributed by atoms with Gasteiger partial charge in [-0.3, -0.25) is 0 Å². The van der Waals surface area contributed by atoms with Crippen LogP contribution in [0, 0.1) is 5.92 Å². The van der Waals surface area contributed by atoms with Crippen molar-refractivity contribution in [2.75, 3.05) is 0 Å². The molecule has 1 unspecified atom stereocenters. The first kappa shape index (κ1) is 4.63. The first-order valence-electron chi connectivity index (χ1n) is 2.67. The Balaban J connectivity index is 2.56. The second-order valence-electron chi connectivity index (χ2n) is 2.04. The summed E-state index contributed by atoms with van der Waals surface area (Å²) in [6, 6.07) is 0. The Bertz CT molecular complexity index is 109. The maximum atomic E-state index is 3.66. The van der Waals surface area contributed by atoms with E-state index < -0.39 is 0 Å². The van der Waals surface area contributed by atoms with E-state index in [1.807, 2.05) is 6.08 Å². The van der Waals surface area contributed by atoms with Crippen molar-refractivity contribution in [2.45, 2.75) is 13.3 Å². The highest BCUT2D eigenvalue weighted by Crippen LogP contribution is 2.25. The molecule has 7 heavy (non-hydrogen) atoms. The van der Waals surface area contributed by atoms with Crippen LogP contribution in [0.5, 0.6) is 0 Å². The van der Waals surface area contributed by atoms with E-state index in [1.165, 1.54) is 12.0 Å². The van der Waals surface area contributed by atoms with Gasteiger partial charge in [0.1, 0.15) is 0 Å². The van der Waals surface area contributed by atoms with Crippen LogP contribution in [-0.4, -0.2) is 0 Å². The molecule has 0 saturated heterocycles. The van der Waals surface area contributed by atoms with Crippen LogP contribution < -0.4 is 0 Å². The molecule has 0 N–H and O–H groups in total. The summed E-state index contributed by atoms with van der Waals surface area (Å²) in [6.45, 7) is 5.88. The molecule has 0 aromatic heterocycles. The summed E-state index contributed by atoms with van der Waals surface area (Å²) < 4.78 is 0. The van der Waals surface area contributed by atoms with Gasteiger partial charge in [0.15, 0.2) is 0 Å². The van der Waals surface area contributed by atoms with Gasteiger partial charge < -0.3 is 0 Å². The average molecular weight is 94.2 g/mol. The van der Waals surface area contributed by atoms with Gasteiger partial charge in [0, 0.05) is 0 Å². The normalized spacial score (nSPS) is 28.1. The van der Waals surface area contributed by atoms with E-state index >= 15 is 0 Å². The molecular formula is C7H10. The Hall–Kier alpha value is -0.520. The van der Waals surface area contributed by atoms with Crippen LogP contribution in [0.3, 0.4) is 0 Å². The quantitative estimate of drug-likeness (QED) is 0.467. The van der Waals surface area contributed by atoms with Gasteiger partial charge >= 0.3 is 0 Å². The third-order valence-electron chi connectivity index (χ3n) is 1.51. The Labute approximate surface area is 44.5 Å². The van der Waals surface area contributed by atoms with Gasteiger partial charge in [-0.05, 0) is 17.9 Å². The lowest BCUT2D eigenvalue weighted by molar-refractivity contribution is 0.644. The van der Waals surface area contributed by atoms with Crippen LogP contribution >= 0.6 is 0 Å². The monoisotopic (exact) mass is 94.1 g/mol. The fourth-order valence-electron chi connectivity index (χ4n) is 0.774. The van der Waals surface area contributed by atoms with E-state index in [2.05, 4.69) is 19.6 Å². The lowest BCUT2D eigenvalue weighted by atomic mass is 9.87. The van der Waals surface area contributed by atoms with Crippen molar-refractivity contribution in [3.63, 3.8) is 0 Å². The fraction of sp³-hybridized carbons (Fsp3) is 0.429. The molecule has 1 rings (SSSR count). The molecule has 0 heteroatoms. The maximum Gasteiger partial charge on any atom is -0.0159 e. The van der Waals surface area contributed by atoms with Gasteiger partial charge in [-0.2, -0.15) is 0 Å². The van der Waals surface area contributed by atoms with Crippen LogP contribution in [0.25, 0.3) is 0 Å². The third-order valence-corrected chi connectivity index (χ3v) is 1.51. The van der Waals surface area contributed by atoms with Crippen molar-refractivity contribution >= 4 is 0 Å². The molecule has 0 radical (unpaired) electrons. The second-order valence-corrected chi connectivity index (χ2v) is 2.04. The predicted octanol–water partition coefficient (Wildman–Crippen LogP) is 2.14. The van der Waals surface area contributed by atoms with Crippen molar-refractivity contribution in [1.82, 2.24) is 0 Å². The Morgan fingerprint density at radius 1 is 2.00 bits per heavy atom. The molecule has 1 atom stereocenters. The molecule has 0 saturated carbocycles. The molecule has 0 spiro atoms. The van der Waals surface area contributed by atoms with Crippen LogP contribution in [0.15, 0.2) is 24.3 Å². The van der Waals surface area contributed by atoms with E-state index in [0.717, 1.165) is 5.92 Å². The maximum absolute atomic E-state index is 3.66. The first-order valence-corrected chi connectivity index (χ1v) is 2.67. The highest BCUT2D eigenvalue weighted by molar-refractivity contribution is 5.26. The Morgan fingerprint density at radius 2 is 2.71 bits per heavy atom. The van der Waals surface area contributed by atoms with Crippen LogP contribution in [0.4, 0.5) is 0 Å². The van der Waals surface area contributed by atoms with Gasteiger partial charge in [0.05, 0.1) is 0 Å². The minimum Gasteiger partial charge on any atom is -0.0988 e. The average Bonchev–Trinajstić information content (AvgIpc) is 1.65. The summed E-state index contributed by atoms with van der Waals surface area (Å²) in [6.07, 6.45) is 5.41. The van der Waals surface area contributed by atoms with E-state index in [9.17, 15) is 0 Å². The lowest BCUT2D eigenvalue weighted by Crippen LogP contribution is -2.04. The standard InChI is InChI=1S/C7H10/c1-3-7-5-4-6(7)2/h3,5-6H,1,4H2,2H3. The van der Waals surface area contributed by atoms with Gasteiger partial charge in [-0.1, -0.05) is 25.7 Å². The second kappa shape index (κ2) is 1.53. The molecule has 0 amide bonds. The SMILES string of the molecule is C=CC1=CCC1C. The van der Waals surface area contributed by atoms with E-state index in [4.69, 9.17) is 0 Å². The topological polar surface area (TPSA) is 0 Å². The summed E-state index contributed by atoms with van der Waals surface area (Å²) in [4.78, 5) is 0. The van der Waals surface area contributed by atoms with Crippen LogP contribution in [-0.2, 0) is 0 Å². The Kier molecular flexibility index (Phi) is 1.01. The molecule has 1 aliphatic rings. The molecule has 1 aliphatic carbocycles. The highest BCUT2D eigenvalue weighted by atomic mass is 14.2. The first-order chi connectivity index (χ1) is 3.34. The zero-order valence-corrected chi connectivity index (χ0v) is 4.65. The molecule has 0 bridgehead atoms. The molecule has 0 aromatic rings. The van der Waals surface area contributed by atoms with Crippen molar-refractivity contribution in [3.05, 3.63) is 24.3 Å². The molecule has 0 nitrogen and oxygen atoms in total. The highest BCUT2D eigenvalue weighted by Gasteiger charge is 2.11. The van der Waals surface area contributed by atoms with Crippen LogP contribution in [0.1, 0.15) is 13.3 Å². The minimum absolute atomic E-state index is 0.789. The third kappa shape index (κ3) is 0.604. The molecule has 0 aliphatic heterocycles. The van der Waals surface area contributed by atoms with Gasteiger partial charge in [0.25, 0.3) is 0 Å². The number of hydrogen-bond acceptors (Lipinski definition) is 0. The largest absolute Gasteiger partial charge is 0.0988 e. The summed E-state index contributed by atoms with van der Waals surface area (Å²) in [5.74, 6) is 0.789. The van der Waals surface area contributed by atoms with E-state index in [-0.39, 0.29) is 0 Å². The van der Waals surface area contributed by atoms with Crippen molar-refractivity contribution in [3.8, 4) is 0 Å². The molecule has 38 valence electrons. The van der Waals surface area contributed by atoms with Crippen molar-refractivity contribution in [2.24, 2.45) is 5.92 Å². The zero-order valence-electron chi connectivity index (χ0n) is 4.65. The fourth-order valence-corrected chi connectivity index (χ4v) is 0.774. The summed E-state index contributed by atoms with van der Waals surface area (Å²) in [7, 11) is 0. The molecule has 0 heterocycles. The van der Waals surface area contributed by atoms with Gasteiger partial charge in [0.2, 0.25) is 0 Å². The van der Waals surface area contributed by atoms with Gasteiger partial charge in [-0.25, -0.2) is 0 Å². The Morgan fingerprint density at radius 3 is 2.71 bits per heavy atom. The van der Waals surface area contributed by atoms with Crippen molar-refractivity contribution < 1.29 is 0 Å².